The molecule has 3 rings (SSSR count). The molecule has 0 spiro atoms. The van der Waals surface area contributed by atoms with Crippen LogP contribution in [0.5, 0.6) is 0 Å². The number of fused-ring (bicyclic) bond motifs is 1. The van der Waals surface area contributed by atoms with Crippen molar-refractivity contribution in [2.75, 3.05) is 0 Å². The van der Waals surface area contributed by atoms with Gasteiger partial charge in [-0.15, -0.1) is 0 Å². The van der Waals surface area contributed by atoms with E-state index in [1.807, 2.05) is 20.8 Å². The Hall–Kier alpha value is -1.97. The van der Waals surface area contributed by atoms with E-state index in [2.05, 4.69) is 13.0 Å². The van der Waals surface area contributed by atoms with Crippen molar-refractivity contribution >= 4 is 17.5 Å². The predicted molar refractivity (Wildman–Crippen MR) is 90.1 cm³/mol. The molecule has 24 heavy (non-hydrogen) atoms. The van der Waals surface area contributed by atoms with Crippen molar-refractivity contribution in [2.24, 2.45) is 16.7 Å². The molecule has 0 fully saturated rings. The van der Waals surface area contributed by atoms with Gasteiger partial charge >= 0.3 is 5.97 Å². The van der Waals surface area contributed by atoms with Crippen molar-refractivity contribution in [3.63, 3.8) is 0 Å². The van der Waals surface area contributed by atoms with Crippen molar-refractivity contribution in [3.05, 3.63) is 34.9 Å². The van der Waals surface area contributed by atoms with Crippen LogP contribution in [0.15, 0.2) is 34.9 Å². The number of carbonyl (C=O) groups excluding carboxylic acids is 3. The molecule has 0 heterocycles. The molecule has 4 heteroatoms. The van der Waals surface area contributed by atoms with Gasteiger partial charge in [0.15, 0.2) is 11.6 Å². The summed E-state index contributed by atoms with van der Waals surface area (Å²) >= 11 is 0. The molecule has 128 valence electrons. The molecule has 0 amide bonds. The Labute approximate surface area is 142 Å². The minimum absolute atomic E-state index is 0.0630. The second-order valence-corrected chi connectivity index (χ2v) is 8.05. The summed E-state index contributed by atoms with van der Waals surface area (Å²) in [5, 5.41) is 0. The highest BCUT2D eigenvalue weighted by molar-refractivity contribution is 6.21. The third-order valence-electron chi connectivity index (χ3n) is 6.07. The summed E-state index contributed by atoms with van der Waals surface area (Å²) in [5.74, 6) is -0.351. The van der Waals surface area contributed by atoms with E-state index in [1.54, 1.807) is 0 Å². The standard InChI is InChI=1S/C20H24O4/c1-11-6-9-16-19(3,4)17-13(14(22)7-8-15(17)23)10-20(16,5)18(11)24-12(2)21/h6-8,16,18H,9-10H2,1-5H3/t16-,18?,20-/m0/s1. The number of hydrogen-bond donors (Lipinski definition) is 0. The fraction of sp³-hybridized carbons (Fsp3) is 0.550. The first kappa shape index (κ1) is 16.9. The van der Waals surface area contributed by atoms with Crippen LogP contribution < -0.4 is 0 Å². The summed E-state index contributed by atoms with van der Waals surface area (Å²) in [4.78, 5) is 36.6. The lowest BCUT2D eigenvalue weighted by Crippen LogP contribution is -2.54. The number of hydrogen-bond acceptors (Lipinski definition) is 4. The average molecular weight is 328 g/mol. The van der Waals surface area contributed by atoms with Gasteiger partial charge in [0.1, 0.15) is 6.10 Å². The third-order valence-corrected chi connectivity index (χ3v) is 6.07. The largest absolute Gasteiger partial charge is 0.457 e. The maximum absolute atomic E-state index is 12.5. The van der Waals surface area contributed by atoms with Crippen LogP contribution in [0, 0.1) is 16.7 Å². The first-order valence-corrected chi connectivity index (χ1v) is 8.43. The van der Waals surface area contributed by atoms with Gasteiger partial charge in [-0.1, -0.05) is 26.8 Å². The minimum atomic E-state index is -0.449. The summed E-state index contributed by atoms with van der Waals surface area (Å²) in [6, 6.07) is 0. The van der Waals surface area contributed by atoms with E-state index in [1.165, 1.54) is 19.1 Å². The Kier molecular flexibility index (Phi) is 3.70. The molecule has 0 bridgehead atoms. The van der Waals surface area contributed by atoms with Crippen LogP contribution in [0.25, 0.3) is 0 Å². The van der Waals surface area contributed by atoms with Crippen molar-refractivity contribution < 1.29 is 19.1 Å². The fourth-order valence-electron chi connectivity index (χ4n) is 5.16. The Balaban J connectivity index is 2.17. The van der Waals surface area contributed by atoms with Crippen molar-refractivity contribution in [3.8, 4) is 0 Å². The second-order valence-electron chi connectivity index (χ2n) is 8.05. The molecule has 0 radical (unpaired) electrons. The Morgan fingerprint density at radius 2 is 1.79 bits per heavy atom. The first-order valence-electron chi connectivity index (χ1n) is 8.43. The summed E-state index contributed by atoms with van der Waals surface area (Å²) in [6.07, 6.45) is 5.78. The monoisotopic (exact) mass is 328 g/mol. The van der Waals surface area contributed by atoms with Crippen LogP contribution in [0.3, 0.4) is 0 Å². The zero-order valence-electron chi connectivity index (χ0n) is 14.9. The number of ether oxygens (including phenoxy) is 1. The van der Waals surface area contributed by atoms with E-state index in [0.29, 0.717) is 17.6 Å². The highest BCUT2D eigenvalue weighted by atomic mass is 16.5. The minimum Gasteiger partial charge on any atom is -0.457 e. The summed E-state index contributed by atoms with van der Waals surface area (Å²) in [7, 11) is 0. The van der Waals surface area contributed by atoms with Crippen LogP contribution in [0.4, 0.5) is 0 Å². The van der Waals surface area contributed by atoms with Crippen LogP contribution in [0.1, 0.15) is 47.5 Å². The molecule has 0 N–H and O–H groups in total. The highest BCUT2D eigenvalue weighted by Gasteiger charge is 2.58. The molecule has 0 aliphatic heterocycles. The van der Waals surface area contributed by atoms with Crippen molar-refractivity contribution in [1.82, 2.24) is 0 Å². The number of ketones is 2. The first-order chi connectivity index (χ1) is 11.1. The molecule has 3 aliphatic carbocycles. The van der Waals surface area contributed by atoms with Crippen LogP contribution in [-0.4, -0.2) is 23.6 Å². The molecular formula is C20H24O4. The third kappa shape index (κ3) is 2.23. The van der Waals surface area contributed by atoms with Gasteiger partial charge in [0.2, 0.25) is 0 Å². The van der Waals surface area contributed by atoms with Gasteiger partial charge in [0.25, 0.3) is 0 Å². The van der Waals surface area contributed by atoms with Gasteiger partial charge in [-0.3, -0.25) is 14.4 Å². The number of carbonyl (C=O) groups is 3. The van der Waals surface area contributed by atoms with E-state index < -0.39 is 10.8 Å². The maximum Gasteiger partial charge on any atom is 0.303 e. The van der Waals surface area contributed by atoms with Crippen LogP contribution in [-0.2, 0) is 19.1 Å². The fourth-order valence-corrected chi connectivity index (χ4v) is 5.16. The van der Waals surface area contributed by atoms with E-state index in [0.717, 1.165) is 12.0 Å². The number of rotatable bonds is 1. The molecule has 1 unspecified atom stereocenters. The molecule has 3 atom stereocenters. The molecule has 4 nitrogen and oxygen atoms in total. The zero-order valence-corrected chi connectivity index (χ0v) is 14.9. The van der Waals surface area contributed by atoms with E-state index in [4.69, 9.17) is 4.74 Å². The lowest BCUT2D eigenvalue weighted by molar-refractivity contribution is -0.157. The quantitative estimate of drug-likeness (QED) is 0.421. The zero-order chi connectivity index (χ0) is 17.9. The SMILES string of the molecule is CC(=O)OC1C(C)=CC[C@H]2C(C)(C)C3=C(C[C@]12C)C(=O)C=CC3=O. The van der Waals surface area contributed by atoms with Gasteiger partial charge in [0.05, 0.1) is 0 Å². The summed E-state index contributed by atoms with van der Waals surface area (Å²) in [6.45, 7) is 9.54. The van der Waals surface area contributed by atoms with Gasteiger partial charge in [-0.25, -0.2) is 0 Å². The van der Waals surface area contributed by atoms with Gasteiger partial charge in [0, 0.05) is 23.5 Å². The van der Waals surface area contributed by atoms with Crippen LogP contribution >= 0.6 is 0 Å². The van der Waals surface area contributed by atoms with Crippen LogP contribution in [0.2, 0.25) is 0 Å². The topological polar surface area (TPSA) is 60.4 Å². The van der Waals surface area contributed by atoms with Crippen molar-refractivity contribution in [1.29, 1.82) is 0 Å². The lowest BCUT2D eigenvalue weighted by Gasteiger charge is -2.56. The number of allylic oxidation sites excluding steroid dienone is 5. The van der Waals surface area contributed by atoms with Gasteiger partial charge < -0.3 is 4.74 Å². The van der Waals surface area contributed by atoms with E-state index in [-0.39, 0.29) is 29.6 Å². The maximum atomic E-state index is 12.5. The highest BCUT2D eigenvalue weighted by Crippen LogP contribution is 2.60. The molecule has 0 saturated carbocycles. The smallest absolute Gasteiger partial charge is 0.303 e. The molecule has 0 aromatic carbocycles. The summed E-state index contributed by atoms with van der Waals surface area (Å²) < 4.78 is 5.67. The molecule has 0 aromatic rings. The molecule has 0 aromatic heterocycles. The van der Waals surface area contributed by atoms with Gasteiger partial charge in [-0.2, -0.15) is 0 Å². The predicted octanol–water partition coefficient (Wildman–Crippen LogP) is 3.33. The average Bonchev–Trinajstić information content (AvgIpc) is 2.46. The second kappa shape index (κ2) is 5.27. The van der Waals surface area contributed by atoms with Gasteiger partial charge in [-0.05, 0) is 48.8 Å². The van der Waals surface area contributed by atoms with E-state index >= 15 is 0 Å². The molecular weight excluding hydrogens is 304 g/mol. The van der Waals surface area contributed by atoms with E-state index in [9.17, 15) is 14.4 Å². The molecule has 0 saturated heterocycles. The Morgan fingerprint density at radius 1 is 1.17 bits per heavy atom. The van der Waals surface area contributed by atoms with Crippen molar-refractivity contribution in [2.45, 2.75) is 53.6 Å². The Bertz CT molecular complexity index is 735. The lowest BCUT2D eigenvalue weighted by atomic mass is 9.48. The molecule has 3 aliphatic rings. The summed E-state index contributed by atoms with van der Waals surface area (Å²) in [5.41, 5.74) is 1.42. The number of esters is 1. The Morgan fingerprint density at radius 3 is 2.42 bits per heavy atom. The normalized spacial score (nSPS) is 34.5.